The van der Waals surface area contributed by atoms with Crippen LogP contribution in [0.3, 0.4) is 0 Å². The van der Waals surface area contributed by atoms with Crippen LogP contribution >= 0.6 is 0 Å². The Kier molecular flexibility index (Phi) is 5.91. The molecule has 162 valence electrons. The van der Waals surface area contributed by atoms with E-state index in [-0.39, 0.29) is 28.2 Å². The standard InChI is InChI=1S/C23H24N2O5S/c1-15-8-11-18(12-9-15)31(27,28)30-25-21(22(26)17-6-4-3-5-7-17)23-24-19-14-16(2)10-13-20(19)29-23/h8-14,17H,3-7H2,1-2H3. The number of aromatic nitrogens is 1. The molecular weight excluding hydrogens is 416 g/mol. The van der Waals surface area contributed by atoms with Gasteiger partial charge < -0.3 is 4.42 Å². The number of rotatable bonds is 6. The fraction of sp³-hybridized carbons (Fsp3) is 0.348. The molecule has 0 aliphatic heterocycles. The molecule has 2 aromatic carbocycles. The van der Waals surface area contributed by atoms with E-state index in [0.29, 0.717) is 11.1 Å². The van der Waals surface area contributed by atoms with Crippen molar-refractivity contribution in [3.05, 3.63) is 59.5 Å². The first-order valence-corrected chi connectivity index (χ1v) is 11.7. The number of hydrogen-bond acceptors (Lipinski definition) is 7. The average molecular weight is 441 g/mol. The molecule has 0 unspecified atom stereocenters. The zero-order valence-electron chi connectivity index (χ0n) is 17.5. The normalized spacial score (nSPS) is 15.9. The van der Waals surface area contributed by atoms with Crippen molar-refractivity contribution in [2.75, 3.05) is 0 Å². The van der Waals surface area contributed by atoms with Crippen molar-refractivity contribution in [3.8, 4) is 0 Å². The lowest BCUT2D eigenvalue weighted by molar-refractivity contribution is -0.117. The summed E-state index contributed by atoms with van der Waals surface area (Å²) in [6.45, 7) is 3.78. The lowest BCUT2D eigenvalue weighted by atomic mass is 9.84. The first kappa shape index (κ1) is 21.2. The van der Waals surface area contributed by atoms with E-state index in [2.05, 4.69) is 10.1 Å². The number of hydrogen-bond donors (Lipinski definition) is 0. The molecule has 1 aromatic heterocycles. The molecule has 8 heteroatoms. The summed E-state index contributed by atoms with van der Waals surface area (Å²) >= 11 is 0. The van der Waals surface area contributed by atoms with Crippen molar-refractivity contribution < 1.29 is 21.9 Å². The van der Waals surface area contributed by atoms with Gasteiger partial charge in [-0.3, -0.25) is 9.08 Å². The topological polar surface area (TPSA) is 98.8 Å². The number of nitrogens with zero attached hydrogens (tertiary/aromatic N) is 2. The molecule has 1 heterocycles. The van der Waals surface area contributed by atoms with Crippen molar-refractivity contribution >= 4 is 32.7 Å². The summed E-state index contributed by atoms with van der Waals surface area (Å²) in [6.07, 6.45) is 4.42. The van der Waals surface area contributed by atoms with Gasteiger partial charge in [-0.25, -0.2) is 4.98 Å². The zero-order chi connectivity index (χ0) is 22.0. The van der Waals surface area contributed by atoms with E-state index in [1.165, 1.54) is 12.1 Å². The summed E-state index contributed by atoms with van der Waals surface area (Å²) in [5.74, 6) is -0.590. The van der Waals surface area contributed by atoms with E-state index in [9.17, 15) is 13.2 Å². The Bertz CT molecular complexity index is 1240. The van der Waals surface area contributed by atoms with Gasteiger partial charge in [0, 0.05) is 5.92 Å². The number of oxime groups is 1. The van der Waals surface area contributed by atoms with Crippen LogP contribution in [0.1, 0.15) is 49.1 Å². The number of ketones is 1. The first-order valence-electron chi connectivity index (χ1n) is 10.3. The van der Waals surface area contributed by atoms with Gasteiger partial charge in [-0.15, -0.1) is 0 Å². The van der Waals surface area contributed by atoms with E-state index in [0.717, 1.165) is 43.2 Å². The largest absolute Gasteiger partial charge is 0.435 e. The summed E-state index contributed by atoms with van der Waals surface area (Å²) < 4.78 is 35.9. The van der Waals surface area contributed by atoms with Crippen LogP contribution in [0.2, 0.25) is 0 Å². The molecular formula is C23H24N2O5S. The maximum atomic E-state index is 13.2. The van der Waals surface area contributed by atoms with Crippen molar-refractivity contribution in [1.82, 2.24) is 4.98 Å². The van der Waals surface area contributed by atoms with E-state index >= 15 is 0 Å². The average Bonchev–Trinajstić information content (AvgIpc) is 3.17. The molecule has 1 aliphatic rings. The Morgan fingerprint density at radius 3 is 2.42 bits per heavy atom. The number of Topliss-reactive ketones (excluding diaryl/α,β-unsaturated/α-hetero) is 1. The molecule has 4 rings (SSSR count). The molecule has 1 aliphatic carbocycles. The maximum Gasteiger partial charge on any atom is 0.358 e. The van der Waals surface area contributed by atoms with Crippen molar-refractivity contribution in [3.63, 3.8) is 0 Å². The van der Waals surface area contributed by atoms with Gasteiger partial charge in [0.2, 0.25) is 5.71 Å². The second-order valence-corrected chi connectivity index (χ2v) is 9.50. The highest BCUT2D eigenvalue weighted by atomic mass is 32.2. The van der Waals surface area contributed by atoms with Gasteiger partial charge in [0.25, 0.3) is 5.89 Å². The van der Waals surface area contributed by atoms with Crippen LogP contribution in [0.4, 0.5) is 0 Å². The van der Waals surface area contributed by atoms with Crippen LogP contribution in [-0.2, 0) is 19.2 Å². The van der Waals surface area contributed by atoms with E-state index in [1.54, 1.807) is 18.2 Å². The fourth-order valence-corrected chi connectivity index (χ4v) is 4.45. The second kappa shape index (κ2) is 8.63. The van der Waals surface area contributed by atoms with Crippen molar-refractivity contribution in [1.29, 1.82) is 0 Å². The Morgan fingerprint density at radius 2 is 1.71 bits per heavy atom. The van der Waals surface area contributed by atoms with Gasteiger partial charge in [-0.05, 0) is 56.5 Å². The quantitative estimate of drug-likeness (QED) is 0.407. The van der Waals surface area contributed by atoms with Crippen LogP contribution in [0, 0.1) is 19.8 Å². The number of fused-ring (bicyclic) bond motifs is 1. The maximum absolute atomic E-state index is 13.2. The van der Waals surface area contributed by atoms with Gasteiger partial charge in [0.15, 0.2) is 11.4 Å². The van der Waals surface area contributed by atoms with Gasteiger partial charge >= 0.3 is 10.1 Å². The molecule has 0 saturated heterocycles. The van der Waals surface area contributed by atoms with Gasteiger partial charge in [0.1, 0.15) is 10.4 Å². The minimum Gasteiger partial charge on any atom is -0.435 e. The van der Waals surface area contributed by atoms with E-state index in [1.807, 2.05) is 26.0 Å². The number of carbonyl (C=O) groups is 1. The summed E-state index contributed by atoms with van der Waals surface area (Å²) in [4.78, 5) is 17.6. The second-order valence-electron chi connectivity index (χ2n) is 7.97. The number of oxazole rings is 1. The molecule has 1 fully saturated rings. The molecule has 1 saturated carbocycles. The molecule has 31 heavy (non-hydrogen) atoms. The zero-order valence-corrected chi connectivity index (χ0v) is 18.3. The minimum absolute atomic E-state index is 0.0321. The molecule has 0 atom stereocenters. The lowest BCUT2D eigenvalue weighted by Crippen LogP contribution is -2.27. The summed E-state index contributed by atoms with van der Waals surface area (Å²) in [6, 6.07) is 11.7. The van der Waals surface area contributed by atoms with E-state index < -0.39 is 10.1 Å². The molecule has 0 N–H and O–H groups in total. The minimum atomic E-state index is -4.19. The van der Waals surface area contributed by atoms with Gasteiger partial charge in [-0.1, -0.05) is 48.2 Å². The summed E-state index contributed by atoms with van der Waals surface area (Å²) in [5, 5.41) is 3.78. The Labute approximate surface area is 181 Å². The van der Waals surface area contributed by atoms with E-state index in [4.69, 9.17) is 8.70 Å². The third-order valence-corrected chi connectivity index (χ3v) is 6.61. The third kappa shape index (κ3) is 4.69. The predicted molar refractivity (Wildman–Crippen MR) is 116 cm³/mol. The van der Waals surface area contributed by atoms with Gasteiger partial charge in [-0.2, -0.15) is 8.42 Å². The van der Waals surface area contributed by atoms with Crippen LogP contribution < -0.4 is 0 Å². The number of benzene rings is 2. The van der Waals surface area contributed by atoms with Crippen LogP contribution in [0.15, 0.2) is 56.9 Å². The summed E-state index contributed by atoms with van der Waals surface area (Å²) in [7, 11) is -4.19. The molecule has 7 nitrogen and oxygen atoms in total. The molecule has 0 amide bonds. The van der Waals surface area contributed by atoms with Crippen LogP contribution in [-0.4, -0.2) is 24.9 Å². The summed E-state index contributed by atoms with van der Waals surface area (Å²) in [5.41, 5.74) is 2.77. The van der Waals surface area contributed by atoms with Gasteiger partial charge in [0.05, 0.1) is 0 Å². The SMILES string of the molecule is Cc1ccc(S(=O)(=O)ON=C(C(=O)C2CCCCC2)c2nc3cc(C)ccc3o2)cc1. The monoisotopic (exact) mass is 440 g/mol. The highest BCUT2D eigenvalue weighted by Crippen LogP contribution is 2.27. The smallest absolute Gasteiger partial charge is 0.358 e. The lowest BCUT2D eigenvalue weighted by Gasteiger charge is -2.19. The molecule has 0 bridgehead atoms. The van der Waals surface area contributed by atoms with Crippen LogP contribution in [0.25, 0.3) is 11.1 Å². The Morgan fingerprint density at radius 1 is 1.03 bits per heavy atom. The Balaban J connectivity index is 1.71. The first-order chi connectivity index (χ1) is 14.8. The highest BCUT2D eigenvalue weighted by Gasteiger charge is 2.31. The molecule has 0 radical (unpaired) electrons. The third-order valence-electron chi connectivity index (χ3n) is 5.49. The van der Waals surface area contributed by atoms with Crippen molar-refractivity contribution in [2.45, 2.75) is 50.8 Å². The molecule has 3 aromatic rings. The van der Waals surface area contributed by atoms with Crippen molar-refractivity contribution in [2.24, 2.45) is 11.1 Å². The predicted octanol–water partition coefficient (Wildman–Crippen LogP) is 4.70. The fourth-order valence-electron chi connectivity index (χ4n) is 3.72. The number of aryl methyl sites for hydroxylation is 2. The molecule has 0 spiro atoms. The number of carbonyl (C=O) groups excluding carboxylic acids is 1. The Hall–Kier alpha value is -3.00. The van der Waals surface area contributed by atoms with Crippen LogP contribution in [0.5, 0.6) is 0 Å². The highest BCUT2D eigenvalue weighted by molar-refractivity contribution is 7.86.